The van der Waals surface area contributed by atoms with Crippen molar-refractivity contribution in [2.24, 2.45) is 5.92 Å². The van der Waals surface area contributed by atoms with Crippen molar-refractivity contribution in [2.75, 3.05) is 0 Å². The molecule has 1 aromatic heterocycles. The molecule has 41 heavy (non-hydrogen) atoms. The average Bonchev–Trinajstić information content (AvgIpc) is 3.31. The van der Waals surface area contributed by atoms with Crippen molar-refractivity contribution in [2.45, 2.75) is 124 Å². The molecule has 1 N–H and O–H groups in total. The van der Waals surface area contributed by atoms with Crippen LogP contribution >= 0.6 is 0 Å². The monoisotopic (exact) mass is 558 g/mol. The second-order valence-corrected chi connectivity index (χ2v) is 12.8. The summed E-state index contributed by atoms with van der Waals surface area (Å²) in [7, 11) is 0. The van der Waals surface area contributed by atoms with E-state index < -0.39 is 5.97 Å². The predicted octanol–water partition coefficient (Wildman–Crippen LogP) is 9.17. The van der Waals surface area contributed by atoms with E-state index in [2.05, 4.69) is 83.5 Å². The first-order valence-electron chi connectivity index (χ1n) is 15.8. The van der Waals surface area contributed by atoms with Crippen molar-refractivity contribution in [3.63, 3.8) is 0 Å². The summed E-state index contributed by atoms with van der Waals surface area (Å²) in [5.74, 6) is 0.250. The van der Waals surface area contributed by atoms with E-state index in [9.17, 15) is 14.7 Å². The number of hydrogen-bond donors (Lipinski definition) is 1. The molecular formula is C36H50N2O3. The van der Waals surface area contributed by atoms with Gasteiger partial charge in [-0.1, -0.05) is 63.8 Å². The Morgan fingerprint density at radius 2 is 1.66 bits per heavy atom. The topological polar surface area (TPSA) is 62.5 Å². The molecule has 1 heterocycles. The highest BCUT2D eigenvalue weighted by molar-refractivity contribution is 6.08. The lowest BCUT2D eigenvalue weighted by Gasteiger charge is -2.36. The number of benzene rings is 2. The minimum Gasteiger partial charge on any atom is -0.478 e. The number of carbonyl (C=O) groups is 2. The van der Waals surface area contributed by atoms with E-state index in [0.29, 0.717) is 11.5 Å². The summed E-state index contributed by atoms with van der Waals surface area (Å²) in [4.78, 5) is 27.7. The summed E-state index contributed by atoms with van der Waals surface area (Å²) in [6.45, 7) is 15.9. The van der Waals surface area contributed by atoms with Gasteiger partial charge in [0.25, 0.3) is 5.91 Å². The predicted molar refractivity (Wildman–Crippen MR) is 169 cm³/mol. The van der Waals surface area contributed by atoms with Gasteiger partial charge in [0, 0.05) is 30.2 Å². The lowest BCUT2D eigenvalue weighted by atomic mass is 9.68. The van der Waals surface area contributed by atoms with E-state index in [1.807, 2.05) is 11.0 Å². The van der Waals surface area contributed by atoms with E-state index in [1.165, 1.54) is 48.7 Å². The maximum Gasteiger partial charge on any atom is 0.335 e. The number of rotatable bonds is 11. The van der Waals surface area contributed by atoms with Gasteiger partial charge in [0.15, 0.2) is 0 Å². The number of nitrogens with zero attached hydrogens (tertiary/aromatic N) is 2. The molecule has 5 nitrogen and oxygen atoms in total. The average molecular weight is 559 g/mol. The summed E-state index contributed by atoms with van der Waals surface area (Å²) in [6, 6.07) is 12.4. The van der Waals surface area contributed by atoms with Gasteiger partial charge in [0.2, 0.25) is 0 Å². The fourth-order valence-corrected chi connectivity index (χ4v) is 7.44. The van der Waals surface area contributed by atoms with Crippen LogP contribution < -0.4 is 0 Å². The second kappa shape index (κ2) is 13.3. The smallest absolute Gasteiger partial charge is 0.335 e. The molecule has 0 spiro atoms. The van der Waals surface area contributed by atoms with Crippen molar-refractivity contribution in [1.82, 2.24) is 9.47 Å². The molecule has 4 rings (SSSR count). The molecule has 0 aliphatic heterocycles. The van der Waals surface area contributed by atoms with Crippen LogP contribution in [0.25, 0.3) is 10.9 Å². The summed E-state index contributed by atoms with van der Waals surface area (Å²) >= 11 is 0. The fourth-order valence-electron chi connectivity index (χ4n) is 7.44. The molecule has 3 aromatic rings. The SMILES string of the molecule is CCCCn1cc(C(=O)N(C(C)C)C(C)C)c2cccc(C(C)C(c3ccc(C(=O)O)cc3C)C3CCCCC3)c21. The molecule has 1 fully saturated rings. The number of amides is 1. The minimum atomic E-state index is -0.880. The van der Waals surface area contributed by atoms with Crippen LogP contribution in [0.5, 0.6) is 0 Å². The highest BCUT2D eigenvalue weighted by atomic mass is 16.4. The van der Waals surface area contributed by atoms with Crippen LogP contribution in [-0.2, 0) is 6.54 Å². The molecule has 0 saturated heterocycles. The van der Waals surface area contributed by atoms with Crippen LogP contribution in [0.2, 0.25) is 0 Å². The molecule has 2 unspecified atom stereocenters. The van der Waals surface area contributed by atoms with Crippen LogP contribution in [0.4, 0.5) is 0 Å². The number of fused-ring (bicyclic) bond motifs is 1. The second-order valence-electron chi connectivity index (χ2n) is 12.8. The van der Waals surface area contributed by atoms with Crippen LogP contribution in [0.15, 0.2) is 42.6 Å². The van der Waals surface area contributed by atoms with E-state index in [0.717, 1.165) is 35.9 Å². The first-order valence-corrected chi connectivity index (χ1v) is 15.8. The number of carboxylic acid groups (broad SMARTS) is 1. The molecule has 222 valence electrons. The van der Waals surface area contributed by atoms with Gasteiger partial charge in [-0.05, 0) is 100 Å². The summed E-state index contributed by atoms with van der Waals surface area (Å²) < 4.78 is 2.34. The van der Waals surface area contributed by atoms with Crippen LogP contribution in [0, 0.1) is 12.8 Å². The van der Waals surface area contributed by atoms with E-state index in [1.54, 1.807) is 6.07 Å². The Morgan fingerprint density at radius 3 is 2.24 bits per heavy atom. The maximum absolute atomic E-state index is 14.0. The number of hydrogen-bond acceptors (Lipinski definition) is 2. The van der Waals surface area contributed by atoms with Gasteiger partial charge in [-0.25, -0.2) is 4.79 Å². The van der Waals surface area contributed by atoms with Crippen molar-refractivity contribution < 1.29 is 14.7 Å². The van der Waals surface area contributed by atoms with Gasteiger partial charge in [0.05, 0.1) is 16.6 Å². The van der Waals surface area contributed by atoms with Gasteiger partial charge in [-0.3, -0.25) is 4.79 Å². The molecule has 1 saturated carbocycles. The van der Waals surface area contributed by atoms with Gasteiger partial charge < -0.3 is 14.6 Å². The standard InChI is InChI=1S/C36H50N2O3/c1-8-9-20-37-22-32(35(39)38(23(2)3)24(4)5)31-17-13-16-30(34(31)37)26(7)33(27-14-11-10-12-15-27)29-19-18-28(36(40)41)21-25(29)6/h13,16-19,21-24,26-27,33H,8-12,14-15,20H2,1-7H3,(H,40,41). The number of carboxylic acids is 1. The summed E-state index contributed by atoms with van der Waals surface area (Å²) in [6.07, 6.45) is 10.4. The van der Waals surface area contributed by atoms with Crippen molar-refractivity contribution in [3.05, 3.63) is 70.4 Å². The zero-order chi connectivity index (χ0) is 29.8. The zero-order valence-electron chi connectivity index (χ0n) is 26.2. The number of carbonyl (C=O) groups excluding carboxylic acids is 1. The van der Waals surface area contributed by atoms with Crippen molar-refractivity contribution in [1.29, 1.82) is 0 Å². The summed E-state index contributed by atoms with van der Waals surface area (Å²) in [5, 5.41) is 10.7. The Balaban J connectivity index is 1.89. The molecule has 5 heteroatoms. The third-order valence-corrected chi connectivity index (χ3v) is 9.32. The van der Waals surface area contributed by atoms with Crippen molar-refractivity contribution >= 4 is 22.8 Å². The van der Waals surface area contributed by atoms with E-state index in [-0.39, 0.29) is 29.8 Å². The fraction of sp³-hybridized carbons (Fsp3) is 0.556. The highest BCUT2D eigenvalue weighted by Crippen LogP contribution is 2.47. The molecule has 2 atom stereocenters. The Hall–Kier alpha value is -3.08. The van der Waals surface area contributed by atoms with Crippen LogP contribution in [0.3, 0.4) is 0 Å². The normalized spacial score (nSPS) is 15.9. The first-order chi connectivity index (χ1) is 19.6. The van der Waals surface area contributed by atoms with E-state index >= 15 is 0 Å². The van der Waals surface area contributed by atoms with Gasteiger partial charge in [-0.2, -0.15) is 0 Å². The van der Waals surface area contributed by atoms with Gasteiger partial charge in [-0.15, -0.1) is 0 Å². The minimum absolute atomic E-state index is 0.101. The van der Waals surface area contributed by atoms with Gasteiger partial charge >= 0.3 is 5.97 Å². The number of para-hydroxylation sites is 1. The number of aromatic nitrogens is 1. The Bertz CT molecular complexity index is 1350. The number of aromatic carboxylic acids is 1. The number of unbranched alkanes of at least 4 members (excludes halogenated alkanes) is 1. The first kappa shape index (κ1) is 30.9. The largest absolute Gasteiger partial charge is 0.478 e. The quantitative estimate of drug-likeness (QED) is 0.255. The maximum atomic E-state index is 14.0. The third kappa shape index (κ3) is 6.39. The lowest BCUT2D eigenvalue weighted by molar-refractivity contribution is 0.0643. The zero-order valence-corrected chi connectivity index (χ0v) is 26.2. The third-order valence-electron chi connectivity index (χ3n) is 9.32. The molecule has 1 aliphatic rings. The summed E-state index contributed by atoms with van der Waals surface area (Å²) in [5.41, 5.74) is 5.94. The highest BCUT2D eigenvalue weighted by Gasteiger charge is 2.34. The molecule has 1 aliphatic carbocycles. The Labute approximate surface area is 246 Å². The van der Waals surface area contributed by atoms with E-state index in [4.69, 9.17) is 0 Å². The molecule has 1 amide bonds. The number of aryl methyl sites for hydroxylation is 2. The van der Waals surface area contributed by atoms with Crippen molar-refractivity contribution in [3.8, 4) is 0 Å². The molecule has 2 aromatic carbocycles. The molecular weight excluding hydrogens is 508 g/mol. The lowest BCUT2D eigenvalue weighted by Crippen LogP contribution is -2.42. The van der Waals surface area contributed by atoms with Gasteiger partial charge in [0.1, 0.15) is 0 Å². The Kier molecular flexibility index (Phi) is 9.99. The Morgan fingerprint density at radius 1 is 0.976 bits per heavy atom. The molecule has 0 radical (unpaired) electrons. The van der Waals surface area contributed by atoms with Crippen LogP contribution in [-0.4, -0.2) is 38.5 Å². The van der Waals surface area contributed by atoms with Crippen LogP contribution in [0.1, 0.15) is 136 Å². The molecule has 0 bridgehead atoms.